The molecule has 0 aliphatic heterocycles. The van der Waals surface area contributed by atoms with Crippen LogP contribution >= 0.6 is 22.7 Å². The van der Waals surface area contributed by atoms with Crippen molar-refractivity contribution in [2.75, 3.05) is 33.2 Å². The second-order valence-corrected chi connectivity index (χ2v) is 15.4. The number of hydrogen-bond acceptors (Lipinski definition) is 16. The van der Waals surface area contributed by atoms with Crippen molar-refractivity contribution in [2.45, 2.75) is 9.79 Å². The lowest BCUT2D eigenvalue weighted by atomic mass is 10.1. The minimum absolute atomic E-state index is 0.0567. The Hall–Kier alpha value is -7.42. The summed E-state index contributed by atoms with van der Waals surface area (Å²) >= 11 is 1.56. The Labute approximate surface area is 328 Å². The summed E-state index contributed by atoms with van der Waals surface area (Å²) in [5.74, 6) is -5.71. The number of sulfonamides is 2. The third kappa shape index (κ3) is 12.3. The van der Waals surface area contributed by atoms with Gasteiger partial charge < -0.3 is 49.5 Å². The lowest BCUT2D eigenvalue weighted by molar-refractivity contribution is -0.115. The molecule has 0 unspecified atom stereocenters. The zero-order chi connectivity index (χ0) is 42.7. The minimum Gasteiger partial charge on any atom is -0.476 e. The molecule has 0 aliphatic carbocycles. The van der Waals surface area contributed by atoms with Crippen LogP contribution in [0.4, 0.5) is 21.4 Å². The molecular weight excluding hydrogens is 837 g/mol. The van der Waals surface area contributed by atoms with Crippen LogP contribution in [0.3, 0.4) is 0 Å². The zero-order valence-electron chi connectivity index (χ0n) is 28.4. The van der Waals surface area contributed by atoms with Gasteiger partial charge in [-0.3, -0.25) is 23.8 Å². The fourth-order valence-electron chi connectivity index (χ4n) is 3.90. The normalized spacial score (nSPS) is 10.6. The van der Waals surface area contributed by atoms with E-state index in [2.05, 4.69) is 40.0 Å². The molecule has 0 radical (unpaired) electrons. The highest BCUT2D eigenvalue weighted by Gasteiger charge is 2.24. The van der Waals surface area contributed by atoms with E-state index in [1.807, 2.05) is 0 Å². The molecule has 4 aromatic rings. The maximum absolute atomic E-state index is 12.5. The van der Waals surface area contributed by atoms with Gasteiger partial charge in [0.2, 0.25) is 11.8 Å². The second-order valence-electron chi connectivity index (χ2n) is 10.4. The van der Waals surface area contributed by atoms with E-state index in [0.717, 1.165) is 58.5 Å². The first-order valence-electron chi connectivity index (χ1n) is 14.7. The number of carboxylic acid groups (broad SMARTS) is 2. The molecule has 0 fully saturated rings. The van der Waals surface area contributed by atoms with Crippen molar-refractivity contribution in [3.05, 3.63) is 69.9 Å². The molecule has 16 N–H and O–H groups in total. The number of carbonyl (C=O) groups excluding carboxylic acids is 3. The smallest absolute Gasteiger partial charge is 0.357 e. The molecule has 25 nitrogen and oxygen atoms in total. The van der Waals surface area contributed by atoms with Crippen molar-refractivity contribution >= 4 is 106 Å². The lowest BCUT2D eigenvalue weighted by Gasteiger charge is -2.12. The summed E-state index contributed by atoms with van der Waals surface area (Å²) in [6.45, 7) is -0.802. The van der Waals surface area contributed by atoms with Gasteiger partial charge in [0, 0.05) is 0 Å². The monoisotopic (exact) mass is 864 g/mol. The number of rotatable bonds is 15. The van der Waals surface area contributed by atoms with Crippen molar-refractivity contribution in [3.63, 3.8) is 0 Å². The summed E-state index contributed by atoms with van der Waals surface area (Å²) in [5, 5.41) is 31.6. The fraction of sp³-hybridized carbons (Fsp3) is 0.0714. The first-order valence-corrected chi connectivity index (χ1v) is 19.4. The zero-order valence-corrected chi connectivity index (χ0v) is 31.6. The highest BCUT2D eigenvalue weighted by Crippen LogP contribution is 2.28. The van der Waals surface area contributed by atoms with Crippen molar-refractivity contribution in [3.8, 4) is 6.07 Å². The molecule has 29 heteroatoms. The topological polar surface area (TPSA) is 447 Å². The number of carbonyl (C=O) groups is 5. The van der Waals surface area contributed by atoms with Crippen LogP contribution in [0.5, 0.6) is 0 Å². The van der Waals surface area contributed by atoms with Crippen LogP contribution in [0, 0.1) is 11.3 Å². The summed E-state index contributed by atoms with van der Waals surface area (Å²) in [5.41, 5.74) is 26.7. The van der Waals surface area contributed by atoms with Gasteiger partial charge in [0.05, 0.1) is 43.3 Å². The van der Waals surface area contributed by atoms with Gasteiger partial charge in [-0.1, -0.05) is 0 Å². The van der Waals surface area contributed by atoms with Crippen molar-refractivity contribution in [1.82, 2.24) is 9.97 Å². The minimum atomic E-state index is -4.28. The van der Waals surface area contributed by atoms with E-state index < -0.39 is 72.5 Å². The summed E-state index contributed by atoms with van der Waals surface area (Å²) in [7, 11) is -8.48. The van der Waals surface area contributed by atoms with Gasteiger partial charge in [0.1, 0.15) is 29.2 Å². The Balaban J connectivity index is 0.000000306. The van der Waals surface area contributed by atoms with Crippen LogP contribution in [0.25, 0.3) is 0 Å². The van der Waals surface area contributed by atoms with Gasteiger partial charge in [-0.05, 0) is 36.4 Å². The third-order valence-corrected chi connectivity index (χ3v) is 10.8. The Morgan fingerprint density at radius 3 is 1.53 bits per heavy atom. The molecule has 0 aliphatic rings. The molecule has 0 bridgehead atoms. The van der Waals surface area contributed by atoms with E-state index in [-0.39, 0.29) is 55.9 Å². The number of aromatic carboxylic acids is 2. The first kappa shape index (κ1) is 44.0. The number of nitrogens with two attached hydrogens (primary N) is 5. The molecule has 2 heterocycles. The van der Waals surface area contributed by atoms with Crippen LogP contribution < -0.4 is 48.7 Å². The maximum atomic E-state index is 12.5. The van der Waals surface area contributed by atoms with E-state index in [1.54, 1.807) is 6.07 Å². The predicted molar refractivity (Wildman–Crippen MR) is 204 cm³/mol. The quantitative estimate of drug-likeness (QED) is 0.0487. The summed E-state index contributed by atoms with van der Waals surface area (Å²) < 4.78 is 54.3. The second kappa shape index (κ2) is 18.8. The molecule has 3 amide bonds. The molecule has 0 saturated heterocycles. The van der Waals surface area contributed by atoms with Crippen LogP contribution in [-0.2, 0) is 29.6 Å². The number of nitriles is 1. The van der Waals surface area contributed by atoms with Crippen molar-refractivity contribution < 1.29 is 51.0 Å². The van der Waals surface area contributed by atoms with Gasteiger partial charge in [-0.2, -0.15) is 5.26 Å². The average Bonchev–Trinajstić information content (AvgIpc) is 3.79. The molecule has 300 valence electrons. The SMILES string of the molecule is N#Cc1cc(S(=O)(=O)Nc2scnc2C(=O)O)ccc1NC(=O)CN=C(N)N.NC(=O)c1cc(S(=O)(=O)Nc2scnc2C(=O)O)ccc1NC(=O)CN=C(N)N. The van der Waals surface area contributed by atoms with Gasteiger partial charge in [0.25, 0.3) is 26.0 Å². The standard InChI is InChI=1S/C14H15N7O6S2.C14H13N7O5S2/c15-11(23)7-3-6(1-2-8(7)20-9(22)4-18-14(16)17)29(26,27)21-12-10(13(24)25)19-5-28-12;15-4-7-3-8(1-2-9(7)20-10(22)5-18-14(16)17)28(25,26)21-12-11(13(23)24)19-6-27-12/h1-3,5,21H,4H2,(H2,15,23)(H,20,22)(H,24,25)(H4,16,17,18);1-3,6,21H,5H2,(H,20,22)(H,23,24)(H4,16,17,18). The Morgan fingerprint density at radius 1 is 0.702 bits per heavy atom. The molecule has 2 aromatic heterocycles. The summed E-state index contributed by atoms with van der Waals surface area (Å²) in [6.07, 6.45) is 0. The van der Waals surface area contributed by atoms with E-state index in [0.29, 0.717) is 0 Å². The molecule has 57 heavy (non-hydrogen) atoms. The fourth-order valence-corrected chi connectivity index (χ4v) is 7.94. The highest BCUT2D eigenvalue weighted by molar-refractivity contribution is 7.93. The average molecular weight is 865 g/mol. The number of nitrogens with zero attached hydrogens (tertiary/aromatic N) is 5. The third-order valence-electron chi connectivity index (χ3n) is 6.34. The van der Waals surface area contributed by atoms with Gasteiger partial charge in [-0.25, -0.2) is 46.4 Å². The van der Waals surface area contributed by atoms with Gasteiger partial charge in [-0.15, -0.1) is 22.7 Å². The number of primary amides is 1. The molecule has 4 rings (SSSR count). The van der Waals surface area contributed by atoms with Crippen LogP contribution in [0.1, 0.15) is 36.9 Å². The number of benzene rings is 2. The van der Waals surface area contributed by atoms with Crippen LogP contribution in [0.15, 0.2) is 67.2 Å². The van der Waals surface area contributed by atoms with E-state index >= 15 is 0 Å². The van der Waals surface area contributed by atoms with E-state index in [9.17, 15) is 46.1 Å². The first-order chi connectivity index (χ1) is 26.6. The Bertz CT molecular complexity index is 2550. The summed E-state index contributed by atoms with van der Waals surface area (Å²) in [6, 6.07) is 8.32. The van der Waals surface area contributed by atoms with Crippen LogP contribution in [0.2, 0.25) is 0 Å². The maximum Gasteiger partial charge on any atom is 0.357 e. The van der Waals surface area contributed by atoms with E-state index in [4.69, 9.17) is 38.9 Å². The number of hydrogen-bond donors (Lipinski definition) is 11. The number of guanidine groups is 2. The molecule has 0 saturated carbocycles. The molecule has 2 aromatic carbocycles. The number of amides is 3. The van der Waals surface area contributed by atoms with Crippen molar-refractivity contribution in [1.29, 1.82) is 5.26 Å². The molecule has 0 atom stereocenters. The molecular formula is C28H28N14O11S4. The number of nitrogens with one attached hydrogen (secondary N) is 4. The van der Waals surface area contributed by atoms with Gasteiger partial charge >= 0.3 is 11.9 Å². The highest BCUT2D eigenvalue weighted by atomic mass is 32.2. The number of carboxylic acids is 2. The lowest BCUT2D eigenvalue weighted by Crippen LogP contribution is -2.26. The molecule has 0 spiro atoms. The van der Waals surface area contributed by atoms with E-state index in [1.165, 1.54) is 11.6 Å². The largest absolute Gasteiger partial charge is 0.476 e. The van der Waals surface area contributed by atoms with Gasteiger partial charge in [0.15, 0.2) is 23.3 Å². The number of aromatic nitrogens is 2. The Kier molecular flexibility index (Phi) is 14.5. The number of aliphatic imine (C=N–C) groups is 2. The number of anilines is 4. The Morgan fingerprint density at radius 2 is 1.12 bits per heavy atom. The van der Waals surface area contributed by atoms with Crippen LogP contribution in [-0.4, -0.2) is 91.7 Å². The predicted octanol–water partition coefficient (Wildman–Crippen LogP) is -1.32. The number of thiazole rings is 2. The van der Waals surface area contributed by atoms with Crippen molar-refractivity contribution in [2.24, 2.45) is 38.7 Å². The summed E-state index contributed by atoms with van der Waals surface area (Å²) in [4.78, 5) is 70.8.